The predicted octanol–water partition coefficient (Wildman–Crippen LogP) is 3.10. The molecule has 9 nitrogen and oxygen atoms in total. The topological polar surface area (TPSA) is 126 Å². The van der Waals surface area contributed by atoms with E-state index in [9.17, 15) is 24.0 Å². The van der Waals surface area contributed by atoms with E-state index in [0.717, 1.165) is 27.2 Å². The van der Waals surface area contributed by atoms with Crippen molar-refractivity contribution in [3.05, 3.63) is 49.4 Å². The molecular weight excluding hydrogens is 556 g/mol. The molecule has 194 valence electrons. The quantitative estimate of drug-likeness (QED) is 0.465. The van der Waals surface area contributed by atoms with Crippen LogP contribution >= 0.6 is 46.5 Å². The molecule has 6 atom stereocenters. The van der Waals surface area contributed by atoms with Gasteiger partial charge >= 0.3 is 4.87 Å². The molecule has 13 heteroatoms. The standard InChI is InChI=1S/C24H23ClN4O5S3/c25-13-5-3-10(4-6-13)17-18-11-1-2-12(7-11)19(18)36-22-20(17)37-24(34)29(22)9-16(31)28-27-15(30)8-14-21(32)26-23(33)35-14/h3-6,11-12,14,17-19H,1-2,7-9H2,(H,27,30)(H,28,31)(H,26,32,33)/t11-,12-,14-,17+,18-,19+/m1/s1. The van der Waals surface area contributed by atoms with Crippen LogP contribution in [0.25, 0.3) is 0 Å². The smallest absolute Gasteiger partial charge is 0.286 e. The van der Waals surface area contributed by atoms with Crippen molar-refractivity contribution >= 4 is 69.4 Å². The van der Waals surface area contributed by atoms with Gasteiger partial charge in [0.25, 0.3) is 11.1 Å². The normalized spacial score (nSPS) is 29.5. The molecule has 0 spiro atoms. The molecular formula is C24H23ClN4O5S3. The van der Waals surface area contributed by atoms with Crippen LogP contribution in [0.2, 0.25) is 5.02 Å². The maximum atomic E-state index is 13.1. The number of amides is 4. The van der Waals surface area contributed by atoms with Crippen LogP contribution in [0.1, 0.15) is 42.0 Å². The van der Waals surface area contributed by atoms with Gasteiger partial charge in [-0.3, -0.25) is 44.7 Å². The summed E-state index contributed by atoms with van der Waals surface area (Å²) in [7, 11) is 0. The van der Waals surface area contributed by atoms with Gasteiger partial charge in [-0.1, -0.05) is 46.8 Å². The lowest BCUT2D eigenvalue weighted by Gasteiger charge is -2.40. The number of hydrazine groups is 1. The third kappa shape index (κ3) is 4.62. The second-order valence-corrected chi connectivity index (χ2v) is 13.6. The minimum absolute atomic E-state index is 0.0910. The lowest BCUT2D eigenvalue weighted by molar-refractivity contribution is -0.130. The van der Waals surface area contributed by atoms with Crippen molar-refractivity contribution in [1.29, 1.82) is 0 Å². The third-order valence-corrected chi connectivity index (χ3v) is 11.8. The summed E-state index contributed by atoms with van der Waals surface area (Å²) in [5.74, 6) is 0.113. The Morgan fingerprint density at radius 2 is 1.76 bits per heavy atom. The van der Waals surface area contributed by atoms with E-state index < -0.39 is 28.2 Å². The molecule has 2 saturated carbocycles. The van der Waals surface area contributed by atoms with Gasteiger partial charge in [0, 0.05) is 27.5 Å². The van der Waals surface area contributed by atoms with Crippen LogP contribution in [0.3, 0.4) is 0 Å². The van der Waals surface area contributed by atoms with Crippen molar-refractivity contribution in [1.82, 2.24) is 20.7 Å². The molecule has 0 unspecified atom stereocenters. The molecule has 0 radical (unpaired) electrons. The van der Waals surface area contributed by atoms with Gasteiger partial charge in [0.2, 0.25) is 11.8 Å². The summed E-state index contributed by atoms with van der Waals surface area (Å²) in [6, 6.07) is 7.87. The molecule has 2 aromatic rings. The van der Waals surface area contributed by atoms with Crippen molar-refractivity contribution in [2.45, 2.75) is 53.7 Å². The Labute approximate surface area is 229 Å². The van der Waals surface area contributed by atoms with Gasteiger partial charge in [-0.15, -0.1) is 11.8 Å². The average molecular weight is 579 g/mol. The molecule has 2 aliphatic carbocycles. The molecule has 2 bridgehead atoms. The molecule has 3 heterocycles. The number of carbonyl (C=O) groups is 4. The van der Waals surface area contributed by atoms with Gasteiger partial charge in [-0.2, -0.15) is 0 Å². The number of rotatable bonds is 5. The Kier molecular flexibility index (Phi) is 6.62. The summed E-state index contributed by atoms with van der Waals surface area (Å²) in [4.78, 5) is 61.7. The zero-order valence-corrected chi connectivity index (χ0v) is 22.6. The van der Waals surface area contributed by atoms with E-state index in [1.165, 1.54) is 35.2 Å². The van der Waals surface area contributed by atoms with E-state index in [1.807, 2.05) is 24.3 Å². The number of hydrogen-bond donors (Lipinski definition) is 3. The number of aromatic nitrogens is 1. The maximum absolute atomic E-state index is 13.1. The Balaban J connectivity index is 1.20. The third-order valence-electron chi connectivity index (χ3n) is 7.70. The van der Waals surface area contributed by atoms with Crippen molar-refractivity contribution in [3.8, 4) is 0 Å². The number of fused-ring (bicyclic) bond motifs is 6. The summed E-state index contributed by atoms with van der Waals surface area (Å²) in [5.41, 5.74) is 5.76. The van der Waals surface area contributed by atoms with E-state index >= 15 is 0 Å². The van der Waals surface area contributed by atoms with Crippen LogP contribution in [0.4, 0.5) is 4.79 Å². The highest BCUT2D eigenvalue weighted by Gasteiger charge is 2.55. The first kappa shape index (κ1) is 25.0. The van der Waals surface area contributed by atoms with Crippen molar-refractivity contribution in [2.24, 2.45) is 17.8 Å². The second kappa shape index (κ2) is 9.79. The van der Waals surface area contributed by atoms with Crippen molar-refractivity contribution < 1.29 is 19.2 Å². The lowest BCUT2D eigenvalue weighted by Crippen LogP contribution is -2.45. The number of thioether (sulfide) groups is 2. The van der Waals surface area contributed by atoms with Crippen LogP contribution in [0.15, 0.2) is 34.1 Å². The molecule has 4 aliphatic rings. The summed E-state index contributed by atoms with van der Waals surface area (Å²) in [6.07, 6.45) is 3.38. The molecule has 2 aliphatic heterocycles. The zero-order valence-electron chi connectivity index (χ0n) is 19.4. The van der Waals surface area contributed by atoms with E-state index in [1.54, 1.807) is 11.8 Å². The molecule has 3 fully saturated rings. The minimum atomic E-state index is -0.827. The Bertz CT molecular complexity index is 1360. The second-order valence-electron chi connectivity index (χ2n) is 9.83. The Morgan fingerprint density at radius 1 is 1.03 bits per heavy atom. The number of carbonyl (C=O) groups excluding carboxylic acids is 4. The van der Waals surface area contributed by atoms with Gasteiger partial charge in [0.05, 0.1) is 5.03 Å². The summed E-state index contributed by atoms with van der Waals surface area (Å²) < 4.78 is 1.51. The highest BCUT2D eigenvalue weighted by atomic mass is 35.5. The maximum Gasteiger partial charge on any atom is 0.308 e. The summed E-state index contributed by atoms with van der Waals surface area (Å²) in [5, 5.41) is 2.69. The van der Waals surface area contributed by atoms with Crippen LogP contribution in [-0.4, -0.2) is 38.0 Å². The van der Waals surface area contributed by atoms with Crippen LogP contribution < -0.4 is 21.0 Å². The highest BCUT2D eigenvalue weighted by molar-refractivity contribution is 8.15. The Morgan fingerprint density at radius 3 is 2.49 bits per heavy atom. The monoisotopic (exact) mass is 578 g/mol. The molecule has 1 aromatic heterocycles. The molecule has 4 amide bonds. The van der Waals surface area contributed by atoms with Gasteiger partial charge in [0.15, 0.2) is 0 Å². The van der Waals surface area contributed by atoms with E-state index in [0.29, 0.717) is 28.0 Å². The molecule has 1 saturated heterocycles. The van der Waals surface area contributed by atoms with Crippen molar-refractivity contribution in [2.75, 3.05) is 0 Å². The molecule has 37 heavy (non-hydrogen) atoms. The number of halogens is 1. The Hall–Kier alpha value is -2.28. The zero-order chi connectivity index (χ0) is 25.8. The van der Waals surface area contributed by atoms with Gasteiger partial charge in [0.1, 0.15) is 11.8 Å². The number of thiazole rings is 1. The summed E-state index contributed by atoms with van der Waals surface area (Å²) >= 11 is 9.82. The predicted molar refractivity (Wildman–Crippen MR) is 142 cm³/mol. The molecule has 3 N–H and O–H groups in total. The van der Waals surface area contributed by atoms with E-state index in [4.69, 9.17) is 11.6 Å². The first-order valence-electron chi connectivity index (χ1n) is 12.0. The van der Waals surface area contributed by atoms with Crippen LogP contribution in [0, 0.1) is 17.8 Å². The molecule has 6 rings (SSSR count). The number of nitrogens with zero attached hydrogens (tertiary/aromatic N) is 1. The number of benzene rings is 1. The fraction of sp³-hybridized carbons (Fsp3) is 0.458. The fourth-order valence-corrected chi connectivity index (χ4v) is 10.3. The van der Waals surface area contributed by atoms with Crippen LogP contribution in [-0.2, 0) is 20.9 Å². The first-order chi connectivity index (χ1) is 17.8. The van der Waals surface area contributed by atoms with E-state index in [-0.39, 0.29) is 23.8 Å². The fourth-order valence-electron chi connectivity index (χ4n) is 6.20. The van der Waals surface area contributed by atoms with E-state index in [2.05, 4.69) is 16.2 Å². The first-order valence-corrected chi connectivity index (χ1v) is 15.0. The largest absolute Gasteiger partial charge is 0.308 e. The van der Waals surface area contributed by atoms with Gasteiger partial charge < -0.3 is 0 Å². The van der Waals surface area contributed by atoms with Gasteiger partial charge in [-0.25, -0.2) is 0 Å². The number of imide groups is 1. The average Bonchev–Trinajstić information content (AvgIpc) is 3.62. The molecule has 1 aromatic carbocycles. The van der Waals surface area contributed by atoms with Gasteiger partial charge in [-0.05, 0) is 54.7 Å². The summed E-state index contributed by atoms with van der Waals surface area (Å²) in [6.45, 7) is -0.228. The number of hydrogen-bond acceptors (Lipinski definition) is 8. The van der Waals surface area contributed by atoms with Crippen LogP contribution in [0.5, 0.6) is 0 Å². The highest BCUT2D eigenvalue weighted by Crippen LogP contribution is 2.64. The van der Waals surface area contributed by atoms with Crippen molar-refractivity contribution in [3.63, 3.8) is 0 Å². The minimum Gasteiger partial charge on any atom is -0.286 e. The number of nitrogens with one attached hydrogen (secondary N) is 3. The SMILES string of the molecule is O=C(C[C@H]1SC(=O)NC1=O)NNC(=O)Cn1c2c(sc1=O)[C@@H](c1ccc(Cl)cc1)[C@H]1[C@@H]3CC[C@H](C3)[C@@H]1S2. The lowest BCUT2D eigenvalue weighted by atomic mass is 9.75.